The average molecular weight is 276 g/mol. The number of nitrogens with one attached hydrogen (secondary N) is 1. The molecular formula is C15H20N2OS. The Morgan fingerprint density at radius 2 is 2.00 bits per heavy atom. The normalized spacial score (nSPS) is 10.9. The fourth-order valence-corrected chi connectivity index (χ4v) is 2.29. The standard InChI is InChI=1S/C15H20N2OS/c1-11(2)16-8-13-10-19-15(17-13)9-18-14-6-4-12(3)5-7-14/h4-7,10-11,16H,8-9H2,1-3H3. The Hall–Kier alpha value is -1.39. The van der Waals surface area contributed by atoms with Crippen LogP contribution in [0.2, 0.25) is 0 Å². The average Bonchev–Trinajstić information content (AvgIpc) is 2.84. The van der Waals surface area contributed by atoms with E-state index in [1.54, 1.807) is 11.3 Å². The number of thiazole rings is 1. The predicted octanol–water partition coefficient (Wildman–Crippen LogP) is 3.53. The van der Waals surface area contributed by atoms with Gasteiger partial charge in [0.05, 0.1) is 5.69 Å². The van der Waals surface area contributed by atoms with Crippen LogP contribution in [0, 0.1) is 6.92 Å². The van der Waals surface area contributed by atoms with Crippen LogP contribution in [0.3, 0.4) is 0 Å². The number of aryl methyl sites for hydroxylation is 1. The quantitative estimate of drug-likeness (QED) is 0.876. The summed E-state index contributed by atoms with van der Waals surface area (Å²) >= 11 is 1.65. The lowest BCUT2D eigenvalue weighted by molar-refractivity contribution is 0.305. The molecule has 1 aromatic heterocycles. The molecule has 0 aliphatic rings. The van der Waals surface area contributed by atoms with E-state index in [2.05, 4.69) is 48.6 Å². The fraction of sp³-hybridized carbons (Fsp3) is 0.400. The first-order valence-corrected chi connectivity index (χ1v) is 7.37. The van der Waals surface area contributed by atoms with Gasteiger partial charge in [-0.15, -0.1) is 11.3 Å². The second-order valence-corrected chi connectivity index (χ2v) is 5.81. The minimum atomic E-state index is 0.481. The number of hydrogen-bond donors (Lipinski definition) is 1. The largest absolute Gasteiger partial charge is 0.486 e. The molecule has 19 heavy (non-hydrogen) atoms. The van der Waals surface area contributed by atoms with Crippen molar-refractivity contribution in [3.05, 3.63) is 45.9 Å². The summed E-state index contributed by atoms with van der Waals surface area (Å²) in [6.45, 7) is 7.69. The molecule has 0 fully saturated rings. The highest BCUT2D eigenvalue weighted by Gasteiger charge is 2.03. The molecule has 0 aliphatic carbocycles. The van der Waals surface area contributed by atoms with Crippen LogP contribution in [0.1, 0.15) is 30.1 Å². The molecule has 0 radical (unpaired) electrons. The van der Waals surface area contributed by atoms with Crippen LogP contribution in [0.15, 0.2) is 29.6 Å². The molecule has 3 nitrogen and oxygen atoms in total. The smallest absolute Gasteiger partial charge is 0.140 e. The molecular weight excluding hydrogens is 256 g/mol. The number of aromatic nitrogens is 1. The van der Waals surface area contributed by atoms with E-state index in [0.717, 1.165) is 23.0 Å². The molecule has 4 heteroatoms. The maximum absolute atomic E-state index is 5.71. The van der Waals surface area contributed by atoms with Crippen molar-refractivity contribution < 1.29 is 4.74 Å². The van der Waals surface area contributed by atoms with Crippen molar-refractivity contribution in [3.63, 3.8) is 0 Å². The molecule has 2 rings (SSSR count). The SMILES string of the molecule is Cc1ccc(OCc2nc(CNC(C)C)cs2)cc1. The molecule has 0 spiro atoms. The molecule has 0 unspecified atom stereocenters. The van der Waals surface area contributed by atoms with Gasteiger partial charge in [0.1, 0.15) is 17.4 Å². The van der Waals surface area contributed by atoms with Crippen molar-refractivity contribution in [2.45, 2.75) is 40.0 Å². The predicted molar refractivity (Wildman–Crippen MR) is 79.6 cm³/mol. The summed E-state index contributed by atoms with van der Waals surface area (Å²) in [5, 5.41) is 6.46. The number of rotatable bonds is 6. The monoisotopic (exact) mass is 276 g/mol. The van der Waals surface area contributed by atoms with Gasteiger partial charge in [-0.1, -0.05) is 31.5 Å². The van der Waals surface area contributed by atoms with Gasteiger partial charge in [0.15, 0.2) is 0 Å². The van der Waals surface area contributed by atoms with E-state index >= 15 is 0 Å². The van der Waals surface area contributed by atoms with E-state index in [-0.39, 0.29) is 0 Å². The summed E-state index contributed by atoms with van der Waals surface area (Å²) in [5.41, 5.74) is 2.32. The molecule has 0 saturated carbocycles. The Bertz CT molecular complexity index is 505. The Morgan fingerprint density at radius 1 is 1.26 bits per heavy atom. The van der Waals surface area contributed by atoms with E-state index in [1.165, 1.54) is 5.56 Å². The first-order chi connectivity index (χ1) is 9.13. The van der Waals surface area contributed by atoms with Gasteiger partial charge in [0.2, 0.25) is 0 Å². The van der Waals surface area contributed by atoms with Crippen LogP contribution in [0.4, 0.5) is 0 Å². The molecule has 0 amide bonds. The first-order valence-electron chi connectivity index (χ1n) is 6.49. The van der Waals surface area contributed by atoms with E-state index in [0.29, 0.717) is 12.6 Å². The second-order valence-electron chi connectivity index (χ2n) is 4.87. The van der Waals surface area contributed by atoms with Crippen LogP contribution in [-0.4, -0.2) is 11.0 Å². The van der Waals surface area contributed by atoms with Gasteiger partial charge in [0.25, 0.3) is 0 Å². The minimum absolute atomic E-state index is 0.481. The van der Waals surface area contributed by atoms with E-state index in [1.807, 2.05) is 12.1 Å². The van der Waals surface area contributed by atoms with Gasteiger partial charge in [-0.05, 0) is 19.1 Å². The highest BCUT2D eigenvalue weighted by atomic mass is 32.1. The summed E-state index contributed by atoms with van der Waals surface area (Å²) in [7, 11) is 0. The topological polar surface area (TPSA) is 34.1 Å². The van der Waals surface area contributed by atoms with Crippen molar-refractivity contribution in [1.29, 1.82) is 0 Å². The Labute approximate surface area is 118 Å². The zero-order valence-electron chi connectivity index (χ0n) is 11.6. The van der Waals surface area contributed by atoms with Gasteiger partial charge < -0.3 is 10.1 Å². The Morgan fingerprint density at radius 3 is 2.68 bits per heavy atom. The van der Waals surface area contributed by atoms with Gasteiger partial charge in [-0.2, -0.15) is 0 Å². The van der Waals surface area contributed by atoms with Crippen molar-refractivity contribution in [3.8, 4) is 5.75 Å². The molecule has 0 saturated heterocycles. The molecule has 0 aliphatic heterocycles. The molecule has 102 valence electrons. The molecule has 1 heterocycles. The van der Waals surface area contributed by atoms with Crippen LogP contribution in [0.25, 0.3) is 0 Å². The molecule has 1 aromatic carbocycles. The number of ether oxygens (including phenoxy) is 1. The number of hydrogen-bond acceptors (Lipinski definition) is 4. The fourth-order valence-electron chi connectivity index (χ4n) is 1.58. The maximum Gasteiger partial charge on any atom is 0.140 e. The van der Waals surface area contributed by atoms with Crippen LogP contribution in [-0.2, 0) is 13.2 Å². The molecule has 0 atom stereocenters. The number of nitrogens with zero attached hydrogens (tertiary/aromatic N) is 1. The summed E-state index contributed by atoms with van der Waals surface area (Å²) < 4.78 is 5.71. The lowest BCUT2D eigenvalue weighted by atomic mass is 10.2. The summed E-state index contributed by atoms with van der Waals surface area (Å²) in [6, 6.07) is 8.56. The van der Waals surface area contributed by atoms with Gasteiger partial charge in [-0.25, -0.2) is 4.98 Å². The van der Waals surface area contributed by atoms with Gasteiger partial charge in [-0.3, -0.25) is 0 Å². The van der Waals surface area contributed by atoms with Crippen LogP contribution >= 0.6 is 11.3 Å². The van der Waals surface area contributed by atoms with Crippen LogP contribution in [0.5, 0.6) is 5.75 Å². The third-order valence-electron chi connectivity index (χ3n) is 2.67. The van der Waals surface area contributed by atoms with Crippen molar-refractivity contribution in [2.75, 3.05) is 0 Å². The lowest BCUT2D eigenvalue weighted by Crippen LogP contribution is -2.21. The molecule has 2 aromatic rings. The molecule has 1 N–H and O–H groups in total. The summed E-state index contributed by atoms with van der Waals surface area (Å²) in [4.78, 5) is 4.55. The van der Waals surface area contributed by atoms with E-state index in [4.69, 9.17) is 4.74 Å². The zero-order valence-corrected chi connectivity index (χ0v) is 12.5. The summed E-state index contributed by atoms with van der Waals surface area (Å²) in [6.07, 6.45) is 0. The van der Waals surface area contributed by atoms with Gasteiger partial charge >= 0.3 is 0 Å². The Kier molecular flexibility index (Phi) is 4.93. The lowest BCUT2D eigenvalue weighted by Gasteiger charge is -2.05. The highest BCUT2D eigenvalue weighted by molar-refractivity contribution is 7.09. The second kappa shape index (κ2) is 6.68. The third-order valence-corrected chi connectivity index (χ3v) is 3.55. The first kappa shape index (κ1) is 14.0. The zero-order chi connectivity index (χ0) is 13.7. The maximum atomic E-state index is 5.71. The van der Waals surface area contributed by atoms with Crippen molar-refractivity contribution >= 4 is 11.3 Å². The molecule has 0 bridgehead atoms. The Balaban J connectivity index is 1.84. The third kappa shape index (κ3) is 4.65. The highest BCUT2D eigenvalue weighted by Crippen LogP contribution is 2.16. The number of benzene rings is 1. The van der Waals surface area contributed by atoms with Crippen LogP contribution < -0.4 is 10.1 Å². The van der Waals surface area contributed by atoms with E-state index < -0.39 is 0 Å². The van der Waals surface area contributed by atoms with Crippen molar-refractivity contribution in [1.82, 2.24) is 10.3 Å². The van der Waals surface area contributed by atoms with E-state index in [9.17, 15) is 0 Å². The van der Waals surface area contributed by atoms with Gasteiger partial charge in [0, 0.05) is 18.0 Å². The van der Waals surface area contributed by atoms with Crippen molar-refractivity contribution in [2.24, 2.45) is 0 Å². The summed E-state index contributed by atoms with van der Waals surface area (Å²) in [5.74, 6) is 0.891. The minimum Gasteiger partial charge on any atom is -0.486 e.